The summed E-state index contributed by atoms with van der Waals surface area (Å²) in [6.45, 7) is 2.86. The third-order valence-corrected chi connectivity index (χ3v) is 5.57. The van der Waals surface area contributed by atoms with E-state index in [-0.39, 0.29) is 17.1 Å². The standard InChI is InChI=1S/C29H32F2N2O3/c1-2-3-4-5-6-7-8-9-19-35-25-15-13-22(14-16-25)29(34)36-26-17-18-28(27(31)21-26)33-32-24-12-10-11-23(30)20-24/h10-18,20-21H,2-9,19H2,1H3. The van der Waals surface area contributed by atoms with Crippen molar-refractivity contribution >= 4 is 17.3 Å². The van der Waals surface area contributed by atoms with E-state index in [4.69, 9.17) is 9.47 Å². The number of halogens is 2. The molecule has 3 aromatic rings. The van der Waals surface area contributed by atoms with Crippen LogP contribution in [0.1, 0.15) is 68.6 Å². The van der Waals surface area contributed by atoms with E-state index in [0.29, 0.717) is 17.9 Å². The van der Waals surface area contributed by atoms with Crippen molar-refractivity contribution in [1.29, 1.82) is 0 Å². The van der Waals surface area contributed by atoms with Gasteiger partial charge in [0.15, 0.2) is 5.82 Å². The van der Waals surface area contributed by atoms with E-state index in [1.807, 2.05) is 0 Å². The molecule has 0 spiro atoms. The number of nitrogens with zero attached hydrogens (tertiary/aromatic N) is 2. The Labute approximate surface area is 211 Å². The molecule has 0 amide bonds. The number of unbranched alkanes of at least 4 members (excludes halogenated alkanes) is 7. The molecule has 7 heteroatoms. The maximum atomic E-state index is 14.4. The van der Waals surface area contributed by atoms with Crippen LogP contribution in [0.15, 0.2) is 77.0 Å². The third-order valence-electron chi connectivity index (χ3n) is 5.57. The Morgan fingerprint density at radius 1 is 0.778 bits per heavy atom. The third kappa shape index (κ3) is 9.21. The summed E-state index contributed by atoms with van der Waals surface area (Å²) in [7, 11) is 0. The maximum Gasteiger partial charge on any atom is 0.343 e. The van der Waals surface area contributed by atoms with Crippen LogP contribution in [0, 0.1) is 11.6 Å². The Morgan fingerprint density at radius 2 is 1.47 bits per heavy atom. The van der Waals surface area contributed by atoms with Crippen LogP contribution in [0.25, 0.3) is 0 Å². The zero-order valence-corrected chi connectivity index (χ0v) is 20.6. The van der Waals surface area contributed by atoms with E-state index in [1.54, 1.807) is 30.3 Å². The van der Waals surface area contributed by atoms with Crippen molar-refractivity contribution in [3.63, 3.8) is 0 Å². The highest BCUT2D eigenvalue weighted by molar-refractivity contribution is 5.91. The van der Waals surface area contributed by atoms with Crippen LogP contribution in [0.4, 0.5) is 20.2 Å². The molecule has 0 aliphatic heterocycles. The molecule has 3 rings (SSSR count). The Hall–Kier alpha value is -3.61. The van der Waals surface area contributed by atoms with Gasteiger partial charge in [0.05, 0.1) is 17.9 Å². The summed E-state index contributed by atoms with van der Waals surface area (Å²) in [6.07, 6.45) is 9.89. The number of carbonyl (C=O) groups is 1. The first-order valence-corrected chi connectivity index (χ1v) is 12.5. The van der Waals surface area contributed by atoms with Gasteiger partial charge in [-0.2, -0.15) is 5.11 Å². The fourth-order valence-corrected chi connectivity index (χ4v) is 3.56. The fourth-order valence-electron chi connectivity index (χ4n) is 3.56. The van der Waals surface area contributed by atoms with Crippen molar-refractivity contribution in [3.05, 3.63) is 83.9 Å². The molecule has 0 bridgehead atoms. The maximum absolute atomic E-state index is 14.4. The number of esters is 1. The Morgan fingerprint density at radius 3 is 2.17 bits per heavy atom. The first-order valence-electron chi connectivity index (χ1n) is 12.5. The molecule has 0 aromatic heterocycles. The largest absolute Gasteiger partial charge is 0.494 e. The summed E-state index contributed by atoms with van der Waals surface area (Å²) in [4.78, 5) is 12.4. The minimum Gasteiger partial charge on any atom is -0.494 e. The van der Waals surface area contributed by atoms with Gasteiger partial charge in [-0.1, -0.05) is 57.9 Å². The second kappa shape index (κ2) is 14.7. The van der Waals surface area contributed by atoms with Gasteiger partial charge in [0, 0.05) is 12.1 Å². The zero-order valence-electron chi connectivity index (χ0n) is 20.6. The van der Waals surface area contributed by atoms with Gasteiger partial charge >= 0.3 is 5.97 Å². The van der Waals surface area contributed by atoms with Crippen molar-refractivity contribution in [2.24, 2.45) is 10.2 Å². The summed E-state index contributed by atoms with van der Waals surface area (Å²) in [5.41, 5.74) is 0.525. The highest BCUT2D eigenvalue weighted by atomic mass is 19.1. The molecule has 0 N–H and O–H groups in total. The van der Waals surface area contributed by atoms with Crippen molar-refractivity contribution < 1.29 is 23.0 Å². The number of hydrogen-bond donors (Lipinski definition) is 0. The SMILES string of the molecule is CCCCCCCCCCOc1ccc(C(=O)Oc2ccc(N=Nc3cccc(F)c3)c(F)c2)cc1. The number of hydrogen-bond acceptors (Lipinski definition) is 5. The lowest BCUT2D eigenvalue weighted by molar-refractivity contribution is 0.0734. The molecular weight excluding hydrogens is 462 g/mol. The number of ether oxygens (including phenoxy) is 2. The fraction of sp³-hybridized carbons (Fsp3) is 0.345. The lowest BCUT2D eigenvalue weighted by Crippen LogP contribution is -2.08. The Balaban J connectivity index is 1.43. The van der Waals surface area contributed by atoms with E-state index in [2.05, 4.69) is 17.2 Å². The van der Waals surface area contributed by atoms with Crippen LogP contribution in [0.2, 0.25) is 0 Å². The molecule has 0 radical (unpaired) electrons. The molecular formula is C29H32F2N2O3. The summed E-state index contributed by atoms with van der Waals surface area (Å²) in [5.74, 6) is -1.06. The normalized spacial score (nSPS) is 11.1. The molecule has 0 heterocycles. The topological polar surface area (TPSA) is 60.2 Å². The highest BCUT2D eigenvalue weighted by Crippen LogP contribution is 2.26. The summed E-state index contributed by atoms with van der Waals surface area (Å²) < 4.78 is 38.6. The average molecular weight is 495 g/mol. The Kier molecular flexibility index (Phi) is 11.0. The number of rotatable bonds is 14. The molecule has 0 unspecified atom stereocenters. The lowest BCUT2D eigenvalue weighted by atomic mass is 10.1. The smallest absolute Gasteiger partial charge is 0.343 e. The minimum absolute atomic E-state index is 0.0391. The van der Waals surface area contributed by atoms with Crippen LogP contribution in [0.5, 0.6) is 11.5 Å². The molecule has 36 heavy (non-hydrogen) atoms. The van der Waals surface area contributed by atoms with Crippen LogP contribution in [-0.4, -0.2) is 12.6 Å². The second-order valence-corrected chi connectivity index (χ2v) is 8.53. The first-order chi connectivity index (χ1) is 17.5. The number of benzene rings is 3. The van der Waals surface area contributed by atoms with Gasteiger partial charge in [-0.15, -0.1) is 5.11 Å². The summed E-state index contributed by atoms with van der Waals surface area (Å²) >= 11 is 0. The molecule has 0 aliphatic carbocycles. The minimum atomic E-state index is -0.717. The van der Waals surface area contributed by atoms with Crippen molar-refractivity contribution in [2.45, 2.75) is 58.3 Å². The van der Waals surface area contributed by atoms with Crippen molar-refractivity contribution in [3.8, 4) is 11.5 Å². The number of azo groups is 1. The zero-order chi connectivity index (χ0) is 25.6. The van der Waals surface area contributed by atoms with Gasteiger partial charge < -0.3 is 9.47 Å². The molecule has 5 nitrogen and oxygen atoms in total. The van der Waals surface area contributed by atoms with E-state index in [1.165, 1.54) is 68.9 Å². The van der Waals surface area contributed by atoms with E-state index < -0.39 is 17.6 Å². The van der Waals surface area contributed by atoms with E-state index >= 15 is 0 Å². The van der Waals surface area contributed by atoms with E-state index in [9.17, 15) is 13.6 Å². The van der Waals surface area contributed by atoms with Crippen LogP contribution >= 0.6 is 0 Å². The van der Waals surface area contributed by atoms with Gasteiger partial charge in [-0.3, -0.25) is 0 Å². The average Bonchev–Trinajstić information content (AvgIpc) is 2.87. The van der Waals surface area contributed by atoms with Gasteiger partial charge in [0.2, 0.25) is 0 Å². The molecule has 0 fully saturated rings. The summed E-state index contributed by atoms with van der Waals surface area (Å²) in [6, 6.07) is 16.0. The van der Waals surface area contributed by atoms with Gasteiger partial charge in [0.1, 0.15) is 23.0 Å². The summed E-state index contributed by atoms with van der Waals surface area (Å²) in [5, 5.41) is 7.61. The molecule has 190 valence electrons. The van der Waals surface area contributed by atoms with Crippen LogP contribution in [0.3, 0.4) is 0 Å². The molecule has 0 saturated heterocycles. The second-order valence-electron chi connectivity index (χ2n) is 8.53. The van der Waals surface area contributed by atoms with Crippen LogP contribution < -0.4 is 9.47 Å². The Bertz CT molecular complexity index is 1130. The monoisotopic (exact) mass is 494 g/mol. The molecule has 0 atom stereocenters. The highest BCUT2D eigenvalue weighted by Gasteiger charge is 2.11. The van der Waals surface area contributed by atoms with Gasteiger partial charge in [0.25, 0.3) is 0 Å². The van der Waals surface area contributed by atoms with E-state index in [0.717, 1.165) is 18.9 Å². The quantitative estimate of drug-likeness (QED) is 0.0971. The molecule has 0 saturated carbocycles. The van der Waals surface area contributed by atoms with Crippen LogP contribution in [-0.2, 0) is 0 Å². The number of carbonyl (C=O) groups excluding carboxylic acids is 1. The predicted molar refractivity (Wildman–Crippen MR) is 136 cm³/mol. The van der Waals surface area contributed by atoms with Gasteiger partial charge in [-0.25, -0.2) is 13.6 Å². The molecule has 3 aromatic carbocycles. The van der Waals surface area contributed by atoms with Crippen molar-refractivity contribution in [2.75, 3.05) is 6.61 Å². The first kappa shape index (κ1) is 27.0. The molecule has 0 aliphatic rings. The van der Waals surface area contributed by atoms with Crippen molar-refractivity contribution in [1.82, 2.24) is 0 Å². The lowest BCUT2D eigenvalue weighted by Gasteiger charge is -2.08. The predicted octanol–water partition coefficient (Wildman–Crippen LogP) is 9.12. The van der Waals surface area contributed by atoms with Gasteiger partial charge in [-0.05, 0) is 55.0 Å².